The number of carbonyl (C=O) groups is 2. The van der Waals surface area contributed by atoms with Crippen molar-refractivity contribution in [2.24, 2.45) is 0 Å². The summed E-state index contributed by atoms with van der Waals surface area (Å²) in [6.07, 6.45) is 41.6. The van der Waals surface area contributed by atoms with Gasteiger partial charge in [0.1, 0.15) is 12.7 Å². The van der Waals surface area contributed by atoms with Crippen LogP contribution in [0.5, 0.6) is 0 Å². The average molecular weight is 724 g/mol. The van der Waals surface area contributed by atoms with E-state index in [1.807, 2.05) is 0 Å². The van der Waals surface area contributed by atoms with Gasteiger partial charge in [0.15, 0.2) is 0 Å². The zero-order valence-corrected chi connectivity index (χ0v) is 32.2. The number of rotatable bonds is 35. The molecule has 1 amide bonds. The zero-order valence-electron chi connectivity index (χ0n) is 31.3. The summed E-state index contributed by atoms with van der Waals surface area (Å²) >= 11 is 0. The predicted molar refractivity (Wildman–Crippen MR) is 206 cm³/mol. The lowest BCUT2D eigenvalue weighted by Crippen LogP contribution is -2.27. The summed E-state index contributed by atoms with van der Waals surface area (Å²) in [6, 6.07) is 0. The second-order valence-corrected chi connectivity index (χ2v) is 14.0. The Morgan fingerprint density at radius 3 is 1.72 bits per heavy atom. The molecule has 50 heavy (non-hydrogen) atoms. The van der Waals surface area contributed by atoms with Crippen LogP contribution in [0.25, 0.3) is 0 Å². The van der Waals surface area contributed by atoms with Crippen molar-refractivity contribution in [1.29, 1.82) is 0 Å². The fraction of sp³-hybridized carbons (Fsp3) is 0.700. The standard InChI is InChI=1S/C40H70NO8P/c1-3-5-7-9-11-13-14-15-16-17-18-19-20-21-22-23-24-25-26-28-30-32-39(43)41-34-35-48-50(45,46)49-37-38(42)36-47-40(44)33-31-29-27-12-10-8-6-4-2/h5,7,11,13,15-16,18-19,21-22,38,42H,3-4,6,8-10,12,14,17,20,23-37H2,1-2H3,(H,41,43)(H,45,46)/b7-5-,13-11-,16-15-,19-18-,22-21-. The molecule has 0 fully saturated rings. The quantitative estimate of drug-likeness (QED) is 0.0255. The molecular formula is C40H70NO8P. The Hall–Kier alpha value is -2.29. The highest BCUT2D eigenvalue weighted by atomic mass is 31.2. The molecule has 0 rings (SSSR count). The lowest BCUT2D eigenvalue weighted by Gasteiger charge is -2.15. The number of allylic oxidation sites excluding steroid dienone is 10. The Balaban J connectivity index is 3.66. The van der Waals surface area contributed by atoms with Gasteiger partial charge in [0.25, 0.3) is 0 Å². The smallest absolute Gasteiger partial charge is 0.463 e. The minimum Gasteiger partial charge on any atom is -0.463 e. The molecule has 2 unspecified atom stereocenters. The second kappa shape index (κ2) is 36.5. The highest BCUT2D eigenvalue weighted by Gasteiger charge is 2.23. The molecule has 0 saturated heterocycles. The number of aliphatic hydroxyl groups excluding tert-OH is 1. The van der Waals surface area contributed by atoms with E-state index in [1.165, 1.54) is 32.1 Å². The summed E-state index contributed by atoms with van der Waals surface area (Å²) in [4.78, 5) is 33.7. The Morgan fingerprint density at radius 1 is 0.640 bits per heavy atom. The molecule has 0 spiro atoms. The summed E-state index contributed by atoms with van der Waals surface area (Å²) in [5.74, 6) is -0.545. The summed E-state index contributed by atoms with van der Waals surface area (Å²) in [5.41, 5.74) is 0. The molecule has 0 aliphatic heterocycles. The average Bonchev–Trinajstić information content (AvgIpc) is 3.10. The molecular weight excluding hydrogens is 653 g/mol. The largest absolute Gasteiger partial charge is 0.472 e. The maximum atomic E-state index is 12.0. The van der Waals surface area contributed by atoms with Crippen molar-refractivity contribution in [3.63, 3.8) is 0 Å². The molecule has 2 atom stereocenters. The number of unbranched alkanes of at least 4 members (excludes halogenated alkanes) is 12. The summed E-state index contributed by atoms with van der Waals surface area (Å²) in [7, 11) is -4.41. The van der Waals surface area contributed by atoms with Gasteiger partial charge in [0.05, 0.1) is 13.2 Å². The Morgan fingerprint density at radius 2 is 1.14 bits per heavy atom. The Bertz CT molecular complexity index is 1010. The van der Waals surface area contributed by atoms with Gasteiger partial charge in [-0.3, -0.25) is 18.6 Å². The number of carbonyl (C=O) groups excluding carboxylic acids is 2. The topological polar surface area (TPSA) is 131 Å². The lowest BCUT2D eigenvalue weighted by molar-refractivity contribution is -0.147. The normalized spacial score (nSPS) is 14.1. The van der Waals surface area contributed by atoms with Crippen LogP contribution in [0.2, 0.25) is 0 Å². The first-order valence-corrected chi connectivity index (χ1v) is 20.8. The third kappa shape index (κ3) is 37.0. The van der Waals surface area contributed by atoms with Gasteiger partial charge in [-0.25, -0.2) is 4.57 Å². The van der Waals surface area contributed by atoms with E-state index in [0.29, 0.717) is 6.42 Å². The molecule has 10 heteroatoms. The van der Waals surface area contributed by atoms with E-state index >= 15 is 0 Å². The number of nitrogens with one attached hydrogen (secondary N) is 1. The maximum absolute atomic E-state index is 12.0. The van der Waals surface area contributed by atoms with Crippen molar-refractivity contribution in [3.8, 4) is 0 Å². The Kier molecular flexibility index (Phi) is 34.8. The van der Waals surface area contributed by atoms with Gasteiger partial charge < -0.3 is 20.1 Å². The molecule has 0 bridgehead atoms. The number of esters is 1. The van der Waals surface area contributed by atoms with Crippen LogP contribution in [0.3, 0.4) is 0 Å². The van der Waals surface area contributed by atoms with Crippen LogP contribution in [-0.2, 0) is 27.9 Å². The van der Waals surface area contributed by atoms with Crippen molar-refractivity contribution < 1.29 is 37.9 Å². The van der Waals surface area contributed by atoms with Crippen LogP contribution in [0, 0.1) is 0 Å². The molecule has 0 aromatic heterocycles. The molecule has 0 heterocycles. The third-order valence-electron chi connectivity index (χ3n) is 7.71. The number of phosphoric ester groups is 1. The molecule has 0 aliphatic carbocycles. The first-order chi connectivity index (χ1) is 24.3. The Labute approximate surface area is 304 Å². The van der Waals surface area contributed by atoms with Gasteiger partial charge in [-0.1, -0.05) is 139 Å². The van der Waals surface area contributed by atoms with Gasteiger partial charge in [0.2, 0.25) is 5.91 Å². The molecule has 0 aromatic rings. The van der Waals surface area contributed by atoms with Gasteiger partial charge in [0, 0.05) is 19.4 Å². The molecule has 288 valence electrons. The number of amides is 1. The van der Waals surface area contributed by atoms with E-state index in [-0.39, 0.29) is 32.1 Å². The third-order valence-corrected chi connectivity index (χ3v) is 8.70. The molecule has 0 saturated carbocycles. The van der Waals surface area contributed by atoms with E-state index in [4.69, 9.17) is 13.8 Å². The van der Waals surface area contributed by atoms with Gasteiger partial charge in [-0.15, -0.1) is 0 Å². The van der Waals surface area contributed by atoms with E-state index in [2.05, 4.69) is 79.9 Å². The second-order valence-electron chi connectivity index (χ2n) is 12.5. The lowest BCUT2D eigenvalue weighted by atomic mass is 10.1. The van der Waals surface area contributed by atoms with Crippen LogP contribution in [-0.4, -0.2) is 54.3 Å². The van der Waals surface area contributed by atoms with Crippen LogP contribution < -0.4 is 5.32 Å². The minimum atomic E-state index is -4.41. The summed E-state index contributed by atoms with van der Waals surface area (Å²) < 4.78 is 26.7. The minimum absolute atomic E-state index is 0.0684. The molecule has 9 nitrogen and oxygen atoms in total. The SMILES string of the molecule is CC/C=C\C/C=C\C/C=C\C/C=C\C/C=C\CCCCCCCC(=O)NCCOP(=O)(O)OCC(O)COC(=O)CCCCCCCCCC. The van der Waals surface area contributed by atoms with Gasteiger partial charge in [-0.05, 0) is 57.8 Å². The summed E-state index contributed by atoms with van der Waals surface area (Å²) in [5, 5.41) is 12.6. The number of phosphoric acid groups is 1. The van der Waals surface area contributed by atoms with Crippen molar-refractivity contribution in [1.82, 2.24) is 5.32 Å². The predicted octanol–water partition coefficient (Wildman–Crippen LogP) is 10.2. The van der Waals surface area contributed by atoms with Crippen LogP contribution in [0.1, 0.15) is 149 Å². The van der Waals surface area contributed by atoms with Crippen LogP contribution in [0.4, 0.5) is 0 Å². The zero-order chi connectivity index (χ0) is 36.8. The van der Waals surface area contributed by atoms with Gasteiger partial charge >= 0.3 is 13.8 Å². The van der Waals surface area contributed by atoms with Crippen molar-refractivity contribution in [2.75, 3.05) is 26.4 Å². The van der Waals surface area contributed by atoms with Crippen molar-refractivity contribution in [2.45, 2.75) is 155 Å². The molecule has 0 aliphatic rings. The molecule has 3 N–H and O–H groups in total. The highest BCUT2D eigenvalue weighted by Crippen LogP contribution is 2.42. The highest BCUT2D eigenvalue weighted by molar-refractivity contribution is 7.47. The fourth-order valence-corrected chi connectivity index (χ4v) is 5.57. The van der Waals surface area contributed by atoms with E-state index in [9.17, 15) is 24.2 Å². The number of ether oxygens (including phenoxy) is 1. The summed E-state index contributed by atoms with van der Waals surface area (Å²) in [6.45, 7) is 3.35. The molecule has 0 aromatic carbocycles. The maximum Gasteiger partial charge on any atom is 0.472 e. The van der Waals surface area contributed by atoms with Crippen LogP contribution >= 0.6 is 7.82 Å². The van der Waals surface area contributed by atoms with Crippen molar-refractivity contribution >= 4 is 19.7 Å². The van der Waals surface area contributed by atoms with Crippen molar-refractivity contribution in [3.05, 3.63) is 60.8 Å². The first-order valence-electron chi connectivity index (χ1n) is 19.3. The monoisotopic (exact) mass is 723 g/mol. The van der Waals surface area contributed by atoms with E-state index in [1.54, 1.807) is 0 Å². The number of hydrogen-bond donors (Lipinski definition) is 3. The van der Waals surface area contributed by atoms with E-state index in [0.717, 1.165) is 89.9 Å². The first kappa shape index (κ1) is 47.7. The number of hydrogen-bond acceptors (Lipinski definition) is 7. The fourth-order valence-electron chi connectivity index (χ4n) is 4.82. The van der Waals surface area contributed by atoms with Gasteiger partial charge in [-0.2, -0.15) is 0 Å². The molecule has 0 radical (unpaired) electrons. The number of aliphatic hydroxyl groups is 1. The van der Waals surface area contributed by atoms with Crippen LogP contribution in [0.15, 0.2) is 60.8 Å². The van der Waals surface area contributed by atoms with E-state index < -0.39 is 26.5 Å².